The predicted octanol–water partition coefficient (Wildman–Crippen LogP) is 1.22. The van der Waals surface area contributed by atoms with Crippen molar-refractivity contribution in [3.05, 3.63) is 18.3 Å². The molecular formula is C12H20N4O2S. The van der Waals surface area contributed by atoms with Crippen LogP contribution in [0.1, 0.15) is 32.6 Å². The van der Waals surface area contributed by atoms with Gasteiger partial charge in [-0.05, 0) is 24.8 Å². The van der Waals surface area contributed by atoms with E-state index >= 15 is 0 Å². The van der Waals surface area contributed by atoms with Gasteiger partial charge in [0.2, 0.25) is 10.0 Å². The van der Waals surface area contributed by atoms with Crippen molar-refractivity contribution in [3.63, 3.8) is 0 Å². The molecular weight excluding hydrogens is 264 g/mol. The molecule has 0 saturated heterocycles. The first kappa shape index (κ1) is 14.2. The average molecular weight is 284 g/mol. The number of hydrogen-bond acceptors (Lipinski definition) is 5. The van der Waals surface area contributed by atoms with Gasteiger partial charge in [-0.2, -0.15) is 0 Å². The number of hydrogen-bond donors (Lipinski definition) is 3. The van der Waals surface area contributed by atoms with Crippen LogP contribution in [0.3, 0.4) is 0 Å². The molecule has 1 aromatic rings. The average Bonchev–Trinajstić information content (AvgIpc) is 2.41. The minimum atomic E-state index is -3.51. The molecule has 1 heterocycles. The van der Waals surface area contributed by atoms with Crippen LogP contribution in [-0.2, 0) is 10.0 Å². The van der Waals surface area contributed by atoms with E-state index in [9.17, 15) is 8.42 Å². The molecule has 106 valence electrons. The maximum Gasteiger partial charge on any atom is 0.241 e. The fraction of sp³-hybridized carbons (Fsp3) is 0.583. The number of rotatable bonds is 4. The largest absolute Gasteiger partial charge is 0.308 e. The summed E-state index contributed by atoms with van der Waals surface area (Å²) < 4.78 is 27.4. The Morgan fingerprint density at radius 3 is 2.79 bits per heavy atom. The molecule has 0 amide bonds. The number of nitrogen functional groups attached to an aromatic ring is 1. The lowest BCUT2D eigenvalue weighted by atomic mass is 9.87. The van der Waals surface area contributed by atoms with Gasteiger partial charge < -0.3 is 5.43 Å². The molecule has 2 rings (SSSR count). The number of nitrogens with two attached hydrogens (primary N) is 1. The van der Waals surface area contributed by atoms with Crippen LogP contribution in [0.2, 0.25) is 0 Å². The second-order valence-electron chi connectivity index (χ2n) is 5.01. The van der Waals surface area contributed by atoms with E-state index in [1.807, 2.05) is 0 Å². The Morgan fingerprint density at radius 1 is 1.37 bits per heavy atom. The molecule has 1 saturated carbocycles. The van der Waals surface area contributed by atoms with Gasteiger partial charge in [-0.1, -0.05) is 19.8 Å². The topological polar surface area (TPSA) is 97.1 Å². The zero-order valence-electron chi connectivity index (χ0n) is 11.0. The molecule has 1 aliphatic carbocycles. The third-order valence-corrected chi connectivity index (χ3v) is 5.10. The van der Waals surface area contributed by atoms with Crippen molar-refractivity contribution < 1.29 is 8.42 Å². The van der Waals surface area contributed by atoms with Crippen LogP contribution in [-0.4, -0.2) is 19.4 Å². The van der Waals surface area contributed by atoms with Crippen LogP contribution in [0.15, 0.2) is 23.2 Å². The molecule has 19 heavy (non-hydrogen) atoms. The molecule has 2 unspecified atom stereocenters. The predicted molar refractivity (Wildman–Crippen MR) is 73.8 cm³/mol. The van der Waals surface area contributed by atoms with E-state index in [0.717, 1.165) is 19.3 Å². The number of pyridine rings is 1. The summed E-state index contributed by atoms with van der Waals surface area (Å²) >= 11 is 0. The van der Waals surface area contributed by atoms with E-state index in [4.69, 9.17) is 5.84 Å². The summed E-state index contributed by atoms with van der Waals surface area (Å²) in [7, 11) is -3.51. The Labute approximate surface area is 113 Å². The molecule has 6 nitrogen and oxygen atoms in total. The Balaban J connectivity index is 2.17. The van der Waals surface area contributed by atoms with Crippen molar-refractivity contribution in [3.8, 4) is 0 Å². The van der Waals surface area contributed by atoms with Crippen LogP contribution >= 0.6 is 0 Å². The monoisotopic (exact) mass is 284 g/mol. The highest BCUT2D eigenvalue weighted by molar-refractivity contribution is 7.89. The Bertz CT molecular complexity index is 532. The fourth-order valence-corrected chi connectivity index (χ4v) is 3.81. The lowest BCUT2D eigenvalue weighted by Crippen LogP contribution is -2.41. The first-order valence-corrected chi connectivity index (χ1v) is 7.96. The maximum atomic E-state index is 12.3. The lowest BCUT2D eigenvalue weighted by Gasteiger charge is -2.29. The Hall–Kier alpha value is -1.18. The van der Waals surface area contributed by atoms with Crippen LogP contribution in [0.5, 0.6) is 0 Å². The van der Waals surface area contributed by atoms with Gasteiger partial charge in [-0.3, -0.25) is 0 Å². The van der Waals surface area contributed by atoms with E-state index in [1.165, 1.54) is 24.8 Å². The number of aromatic nitrogens is 1. The maximum absolute atomic E-state index is 12.3. The summed E-state index contributed by atoms with van der Waals surface area (Å²) in [5.74, 6) is 5.95. The molecule has 4 N–H and O–H groups in total. The summed E-state index contributed by atoms with van der Waals surface area (Å²) in [6.45, 7) is 2.09. The summed E-state index contributed by atoms with van der Waals surface area (Å²) in [6, 6.07) is 2.91. The highest BCUT2D eigenvalue weighted by atomic mass is 32.2. The molecule has 1 fully saturated rings. The summed E-state index contributed by atoms with van der Waals surface area (Å²) in [5, 5.41) is 0. The third-order valence-electron chi connectivity index (χ3n) is 3.61. The molecule has 0 aliphatic heterocycles. The highest BCUT2D eigenvalue weighted by Crippen LogP contribution is 2.25. The zero-order chi connectivity index (χ0) is 13.9. The molecule has 7 heteroatoms. The quantitative estimate of drug-likeness (QED) is 0.570. The number of hydrazine groups is 1. The van der Waals surface area contributed by atoms with Crippen LogP contribution in [0, 0.1) is 5.92 Å². The highest BCUT2D eigenvalue weighted by Gasteiger charge is 2.26. The summed E-state index contributed by atoms with van der Waals surface area (Å²) in [4.78, 5) is 4.09. The lowest BCUT2D eigenvalue weighted by molar-refractivity contribution is 0.310. The van der Waals surface area contributed by atoms with Crippen molar-refractivity contribution in [1.29, 1.82) is 0 Å². The van der Waals surface area contributed by atoms with Gasteiger partial charge in [0.05, 0.1) is 4.90 Å². The first-order valence-electron chi connectivity index (χ1n) is 6.48. The van der Waals surface area contributed by atoms with E-state index in [2.05, 4.69) is 22.1 Å². The molecule has 2 atom stereocenters. The van der Waals surface area contributed by atoms with Crippen LogP contribution < -0.4 is 16.0 Å². The van der Waals surface area contributed by atoms with Gasteiger partial charge in [0.15, 0.2) is 0 Å². The number of anilines is 1. The standard InChI is InChI=1S/C12H20N4O2S/c1-9-4-2-3-5-11(9)16-19(17,18)10-6-7-14-12(8-10)15-13/h6-9,11,16H,2-5,13H2,1H3,(H,14,15). The van der Waals surface area contributed by atoms with Crippen molar-refractivity contribution in [2.75, 3.05) is 5.43 Å². The third kappa shape index (κ3) is 3.43. The van der Waals surface area contributed by atoms with Crippen LogP contribution in [0.4, 0.5) is 5.82 Å². The number of nitrogens with zero attached hydrogens (tertiary/aromatic N) is 1. The second kappa shape index (κ2) is 5.85. The van der Waals surface area contributed by atoms with Gasteiger partial charge >= 0.3 is 0 Å². The van der Waals surface area contributed by atoms with Crippen molar-refractivity contribution in [1.82, 2.24) is 9.71 Å². The van der Waals surface area contributed by atoms with E-state index in [0.29, 0.717) is 11.7 Å². The van der Waals surface area contributed by atoms with Gasteiger partial charge in [0.25, 0.3) is 0 Å². The van der Waals surface area contributed by atoms with E-state index < -0.39 is 10.0 Å². The number of nitrogens with one attached hydrogen (secondary N) is 2. The molecule has 1 aliphatic rings. The molecule has 0 spiro atoms. The van der Waals surface area contributed by atoms with Crippen LogP contribution in [0.25, 0.3) is 0 Å². The molecule has 0 radical (unpaired) electrons. The van der Waals surface area contributed by atoms with E-state index in [-0.39, 0.29) is 10.9 Å². The zero-order valence-corrected chi connectivity index (χ0v) is 11.8. The minimum Gasteiger partial charge on any atom is -0.308 e. The van der Waals surface area contributed by atoms with Crippen molar-refractivity contribution >= 4 is 15.8 Å². The number of sulfonamides is 1. The first-order chi connectivity index (χ1) is 9.03. The fourth-order valence-electron chi connectivity index (χ4n) is 2.42. The minimum absolute atomic E-state index is 0.0150. The summed E-state index contributed by atoms with van der Waals surface area (Å²) in [6.07, 6.45) is 5.64. The van der Waals surface area contributed by atoms with E-state index in [1.54, 1.807) is 0 Å². The van der Waals surface area contributed by atoms with Gasteiger partial charge in [-0.25, -0.2) is 24.0 Å². The molecule has 0 aromatic carbocycles. The van der Waals surface area contributed by atoms with Gasteiger partial charge in [-0.15, -0.1) is 0 Å². The van der Waals surface area contributed by atoms with Crippen molar-refractivity contribution in [2.24, 2.45) is 11.8 Å². The smallest absolute Gasteiger partial charge is 0.241 e. The SMILES string of the molecule is CC1CCCCC1NS(=O)(=O)c1ccnc(NN)c1. The van der Waals surface area contributed by atoms with Gasteiger partial charge in [0.1, 0.15) is 5.82 Å². The summed E-state index contributed by atoms with van der Waals surface area (Å²) in [5.41, 5.74) is 2.35. The Kier molecular flexibility index (Phi) is 4.38. The molecule has 0 bridgehead atoms. The molecule has 1 aromatic heterocycles. The van der Waals surface area contributed by atoms with Gasteiger partial charge in [0, 0.05) is 18.3 Å². The normalized spacial score (nSPS) is 24.1. The van der Waals surface area contributed by atoms with Crippen molar-refractivity contribution in [2.45, 2.75) is 43.5 Å². The Morgan fingerprint density at radius 2 is 2.11 bits per heavy atom. The second-order valence-corrected chi connectivity index (χ2v) is 6.72.